The fourth-order valence-electron chi connectivity index (χ4n) is 2.14. The van der Waals surface area contributed by atoms with E-state index in [-0.39, 0.29) is 24.8 Å². The van der Waals surface area contributed by atoms with Crippen molar-refractivity contribution in [2.24, 2.45) is 5.73 Å². The molecule has 2 saturated heterocycles. The molecule has 2 heterocycles. The zero-order valence-electron chi connectivity index (χ0n) is 7.62. The number of nitrogens with one attached hydrogen (secondary N) is 1. The van der Waals surface area contributed by atoms with E-state index in [9.17, 15) is 0 Å². The lowest BCUT2D eigenvalue weighted by molar-refractivity contribution is 0.0454. The summed E-state index contributed by atoms with van der Waals surface area (Å²) in [5.41, 5.74) is 6.18. The lowest BCUT2D eigenvalue weighted by Gasteiger charge is -2.33. The van der Waals surface area contributed by atoms with Gasteiger partial charge in [0.2, 0.25) is 0 Å². The van der Waals surface area contributed by atoms with Crippen LogP contribution < -0.4 is 11.1 Å². The van der Waals surface area contributed by atoms with Gasteiger partial charge in [-0.15, -0.1) is 24.8 Å². The van der Waals surface area contributed by atoms with E-state index < -0.39 is 0 Å². The minimum absolute atomic E-state index is 0. The molecule has 0 amide bonds. The minimum atomic E-state index is 0. The molecule has 0 aromatic carbocycles. The molecule has 80 valence electrons. The molecule has 2 aliphatic rings. The highest BCUT2D eigenvalue weighted by atomic mass is 35.5. The molecule has 0 bridgehead atoms. The van der Waals surface area contributed by atoms with Crippen LogP contribution in [-0.4, -0.2) is 31.3 Å². The molecule has 3 nitrogen and oxygen atoms in total. The molecule has 13 heavy (non-hydrogen) atoms. The lowest BCUT2D eigenvalue weighted by Crippen LogP contribution is -2.44. The fraction of sp³-hybridized carbons (Fsp3) is 1.00. The third kappa shape index (κ3) is 2.96. The molecule has 0 saturated carbocycles. The average Bonchev–Trinajstić information content (AvgIpc) is 2.34. The quantitative estimate of drug-likeness (QED) is 0.642. The third-order valence-corrected chi connectivity index (χ3v) is 2.84. The van der Waals surface area contributed by atoms with Crippen molar-refractivity contribution in [3.63, 3.8) is 0 Å². The van der Waals surface area contributed by atoms with E-state index >= 15 is 0 Å². The minimum Gasteiger partial charge on any atom is -0.381 e. The van der Waals surface area contributed by atoms with Crippen molar-refractivity contribution in [2.75, 3.05) is 19.8 Å². The van der Waals surface area contributed by atoms with Crippen LogP contribution in [0.1, 0.15) is 19.3 Å². The SMILES string of the molecule is Cl.Cl.NC1CNC2(CCOCC2)C1. The average molecular weight is 229 g/mol. The summed E-state index contributed by atoms with van der Waals surface area (Å²) in [6, 6.07) is 0.369. The molecule has 0 aromatic rings. The van der Waals surface area contributed by atoms with E-state index in [0.717, 1.165) is 39.0 Å². The molecular formula is C8H18Cl2N2O. The Bertz CT molecular complexity index is 146. The molecular weight excluding hydrogens is 211 g/mol. The normalized spacial score (nSPS) is 30.7. The van der Waals surface area contributed by atoms with Crippen molar-refractivity contribution in [1.29, 1.82) is 0 Å². The second kappa shape index (κ2) is 5.37. The van der Waals surface area contributed by atoms with E-state index in [2.05, 4.69) is 5.32 Å². The maximum Gasteiger partial charge on any atom is 0.0483 e. The standard InChI is InChI=1S/C8H16N2O.2ClH/c9-7-5-8(10-6-7)1-3-11-4-2-8;;/h7,10H,1-6,9H2;2*1H. The van der Waals surface area contributed by atoms with Gasteiger partial charge < -0.3 is 15.8 Å². The van der Waals surface area contributed by atoms with Crippen molar-refractivity contribution in [3.05, 3.63) is 0 Å². The molecule has 2 rings (SSSR count). The van der Waals surface area contributed by atoms with Gasteiger partial charge in [0.05, 0.1) is 0 Å². The summed E-state index contributed by atoms with van der Waals surface area (Å²) in [6.45, 7) is 2.79. The third-order valence-electron chi connectivity index (χ3n) is 2.84. The lowest BCUT2D eigenvalue weighted by atomic mass is 9.88. The molecule has 0 radical (unpaired) electrons. The first-order chi connectivity index (χ1) is 5.31. The Kier molecular flexibility index (Phi) is 5.56. The van der Waals surface area contributed by atoms with Gasteiger partial charge in [-0.25, -0.2) is 0 Å². The van der Waals surface area contributed by atoms with Crippen LogP contribution in [0.4, 0.5) is 0 Å². The van der Waals surface area contributed by atoms with Gasteiger partial charge in [0.15, 0.2) is 0 Å². The molecule has 1 atom stereocenters. The first kappa shape index (κ1) is 13.5. The highest BCUT2D eigenvalue weighted by Gasteiger charge is 2.38. The van der Waals surface area contributed by atoms with Crippen LogP contribution in [0, 0.1) is 0 Å². The predicted octanol–water partition coefficient (Wildman–Crippen LogP) is 0.700. The van der Waals surface area contributed by atoms with E-state index in [0.29, 0.717) is 11.6 Å². The summed E-state index contributed by atoms with van der Waals surface area (Å²) in [7, 11) is 0. The second-order valence-electron chi connectivity index (χ2n) is 3.74. The van der Waals surface area contributed by atoms with Crippen LogP contribution >= 0.6 is 24.8 Å². The van der Waals surface area contributed by atoms with Crippen molar-refractivity contribution in [2.45, 2.75) is 30.8 Å². The Morgan fingerprint density at radius 1 is 1.23 bits per heavy atom. The van der Waals surface area contributed by atoms with Crippen LogP contribution in [0.25, 0.3) is 0 Å². The van der Waals surface area contributed by atoms with Crippen LogP contribution in [-0.2, 0) is 4.74 Å². The summed E-state index contributed by atoms with van der Waals surface area (Å²) in [4.78, 5) is 0. The summed E-state index contributed by atoms with van der Waals surface area (Å²) in [5.74, 6) is 0. The van der Waals surface area contributed by atoms with Crippen molar-refractivity contribution in [3.8, 4) is 0 Å². The maximum atomic E-state index is 5.84. The van der Waals surface area contributed by atoms with Crippen LogP contribution in [0.15, 0.2) is 0 Å². The van der Waals surface area contributed by atoms with Gasteiger partial charge in [-0.1, -0.05) is 0 Å². The van der Waals surface area contributed by atoms with Crippen molar-refractivity contribution in [1.82, 2.24) is 5.32 Å². The van der Waals surface area contributed by atoms with Crippen molar-refractivity contribution < 1.29 is 4.74 Å². The molecule has 3 N–H and O–H groups in total. The van der Waals surface area contributed by atoms with E-state index in [1.165, 1.54) is 0 Å². The number of hydrogen-bond donors (Lipinski definition) is 2. The number of halogens is 2. The topological polar surface area (TPSA) is 47.3 Å². The Labute approximate surface area is 91.6 Å². The summed E-state index contributed by atoms with van der Waals surface area (Å²) >= 11 is 0. The Morgan fingerprint density at radius 2 is 1.85 bits per heavy atom. The molecule has 1 spiro atoms. The molecule has 0 aromatic heterocycles. The first-order valence-electron chi connectivity index (χ1n) is 4.39. The summed E-state index contributed by atoms with van der Waals surface area (Å²) < 4.78 is 5.31. The Hall–Kier alpha value is 0.460. The molecule has 2 aliphatic heterocycles. The van der Waals surface area contributed by atoms with Gasteiger partial charge >= 0.3 is 0 Å². The zero-order chi connectivity index (χ0) is 7.73. The summed E-state index contributed by atoms with van der Waals surface area (Å²) in [6.07, 6.45) is 3.41. The van der Waals surface area contributed by atoms with Gasteiger partial charge in [0.25, 0.3) is 0 Å². The number of rotatable bonds is 0. The largest absolute Gasteiger partial charge is 0.381 e. The van der Waals surface area contributed by atoms with E-state index in [1.807, 2.05) is 0 Å². The van der Waals surface area contributed by atoms with Gasteiger partial charge in [-0.3, -0.25) is 0 Å². The van der Waals surface area contributed by atoms with Crippen LogP contribution in [0.5, 0.6) is 0 Å². The number of hydrogen-bond acceptors (Lipinski definition) is 3. The highest BCUT2D eigenvalue weighted by Crippen LogP contribution is 2.28. The van der Waals surface area contributed by atoms with Crippen LogP contribution in [0.3, 0.4) is 0 Å². The second-order valence-corrected chi connectivity index (χ2v) is 3.74. The molecule has 0 aliphatic carbocycles. The van der Waals surface area contributed by atoms with E-state index in [4.69, 9.17) is 10.5 Å². The predicted molar refractivity (Wildman–Crippen MR) is 57.9 cm³/mol. The molecule has 2 fully saturated rings. The van der Waals surface area contributed by atoms with Gasteiger partial charge in [-0.05, 0) is 19.3 Å². The fourth-order valence-corrected chi connectivity index (χ4v) is 2.14. The molecule has 1 unspecified atom stereocenters. The van der Waals surface area contributed by atoms with Crippen LogP contribution in [0.2, 0.25) is 0 Å². The van der Waals surface area contributed by atoms with Crippen molar-refractivity contribution >= 4 is 24.8 Å². The molecule has 5 heteroatoms. The number of ether oxygens (including phenoxy) is 1. The Balaban J connectivity index is 0.000000720. The first-order valence-corrected chi connectivity index (χ1v) is 4.39. The van der Waals surface area contributed by atoms with Gasteiger partial charge in [-0.2, -0.15) is 0 Å². The highest BCUT2D eigenvalue weighted by molar-refractivity contribution is 5.85. The zero-order valence-corrected chi connectivity index (χ0v) is 9.26. The smallest absolute Gasteiger partial charge is 0.0483 e. The summed E-state index contributed by atoms with van der Waals surface area (Å²) in [5, 5.41) is 3.52. The van der Waals surface area contributed by atoms with E-state index in [1.54, 1.807) is 0 Å². The number of nitrogens with two attached hydrogens (primary N) is 1. The van der Waals surface area contributed by atoms with Gasteiger partial charge in [0, 0.05) is 31.3 Å². The maximum absolute atomic E-state index is 5.84. The monoisotopic (exact) mass is 228 g/mol. The van der Waals surface area contributed by atoms with Gasteiger partial charge in [0.1, 0.15) is 0 Å². The Morgan fingerprint density at radius 3 is 2.31 bits per heavy atom.